The van der Waals surface area contributed by atoms with E-state index in [9.17, 15) is 9.90 Å². The zero-order valence-electron chi connectivity index (χ0n) is 13.4. The Kier molecular flexibility index (Phi) is 7.38. The van der Waals surface area contributed by atoms with Crippen LogP contribution >= 0.6 is 34.2 Å². The second-order valence-electron chi connectivity index (χ2n) is 6.21. The third-order valence-corrected chi connectivity index (χ3v) is 5.05. The van der Waals surface area contributed by atoms with E-state index >= 15 is 0 Å². The van der Waals surface area contributed by atoms with Gasteiger partial charge in [0, 0.05) is 12.3 Å². The van der Waals surface area contributed by atoms with E-state index in [-0.39, 0.29) is 22.3 Å². The van der Waals surface area contributed by atoms with E-state index < -0.39 is 0 Å². The third kappa shape index (κ3) is 5.57. The molecular formula is C16H23ClINO3. The molecule has 0 aliphatic rings. The fourth-order valence-electron chi connectivity index (χ4n) is 2.43. The number of halogens is 2. The molecule has 22 heavy (non-hydrogen) atoms. The lowest BCUT2D eigenvalue weighted by Crippen LogP contribution is -2.32. The molecule has 1 aromatic rings. The Morgan fingerprint density at radius 1 is 1.55 bits per heavy atom. The van der Waals surface area contributed by atoms with Gasteiger partial charge in [0.05, 0.1) is 6.61 Å². The molecule has 124 valence electrons. The Bertz CT molecular complexity index is 534. The second kappa shape index (κ2) is 8.34. The normalized spacial score (nSPS) is 13.0. The van der Waals surface area contributed by atoms with Crippen molar-refractivity contribution in [3.63, 3.8) is 0 Å². The summed E-state index contributed by atoms with van der Waals surface area (Å²) in [5.74, 6) is 0.0570. The highest BCUT2D eigenvalue weighted by molar-refractivity contribution is 14.1. The summed E-state index contributed by atoms with van der Waals surface area (Å²) in [7, 11) is 0. The van der Waals surface area contributed by atoms with Crippen molar-refractivity contribution in [3.05, 3.63) is 20.5 Å². The standard InChI is InChI=1S/C16H23ClINO3/c1-5-6-12(16(3,4)9-22-10(2)20)7-11-8-13(21)14(17)19-15(11)18/h8,12,21H,5-7,9H2,1-4H3. The zero-order valence-corrected chi connectivity index (χ0v) is 16.4. The summed E-state index contributed by atoms with van der Waals surface area (Å²) in [5, 5.41) is 9.90. The summed E-state index contributed by atoms with van der Waals surface area (Å²) in [6.45, 7) is 8.15. The summed E-state index contributed by atoms with van der Waals surface area (Å²) in [6.07, 6.45) is 2.81. The fraction of sp³-hybridized carbons (Fsp3) is 0.625. The van der Waals surface area contributed by atoms with E-state index in [0.29, 0.717) is 12.5 Å². The van der Waals surface area contributed by atoms with E-state index in [1.165, 1.54) is 6.92 Å². The van der Waals surface area contributed by atoms with Crippen LogP contribution in [0.2, 0.25) is 5.15 Å². The lowest BCUT2D eigenvalue weighted by molar-refractivity contribution is -0.145. The summed E-state index contributed by atoms with van der Waals surface area (Å²) < 4.78 is 6.01. The summed E-state index contributed by atoms with van der Waals surface area (Å²) >= 11 is 7.97. The van der Waals surface area contributed by atoms with Crippen LogP contribution in [0.4, 0.5) is 0 Å². The van der Waals surface area contributed by atoms with Gasteiger partial charge in [0.2, 0.25) is 0 Å². The first kappa shape index (κ1) is 19.5. The fourth-order valence-corrected chi connectivity index (χ4v) is 3.33. The lowest BCUT2D eigenvalue weighted by Gasteiger charge is -2.34. The van der Waals surface area contributed by atoms with Crippen LogP contribution in [0.5, 0.6) is 5.75 Å². The van der Waals surface area contributed by atoms with Crippen molar-refractivity contribution < 1.29 is 14.6 Å². The molecule has 4 nitrogen and oxygen atoms in total. The molecule has 1 N–H and O–H groups in total. The van der Waals surface area contributed by atoms with Crippen LogP contribution in [0.25, 0.3) is 0 Å². The number of carbonyl (C=O) groups excluding carboxylic acids is 1. The lowest BCUT2D eigenvalue weighted by atomic mass is 9.74. The van der Waals surface area contributed by atoms with Gasteiger partial charge in [-0.15, -0.1) is 0 Å². The van der Waals surface area contributed by atoms with Crippen molar-refractivity contribution in [3.8, 4) is 5.75 Å². The van der Waals surface area contributed by atoms with Crippen molar-refractivity contribution in [2.24, 2.45) is 11.3 Å². The molecule has 1 heterocycles. The molecule has 0 saturated heterocycles. The molecular weight excluding hydrogens is 417 g/mol. The van der Waals surface area contributed by atoms with Crippen LogP contribution in [0.3, 0.4) is 0 Å². The summed E-state index contributed by atoms with van der Waals surface area (Å²) in [4.78, 5) is 15.2. The zero-order chi connectivity index (χ0) is 16.9. The molecule has 6 heteroatoms. The minimum absolute atomic E-state index is 0.00474. The first-order valence-electron chi connectivity index (χ1n) is 7.34. The number of aromatic nitrogens is 1. The molecule has 1 rings (SSSR count). The number of ether oxygens (including phenoxy) is 1. The number of hydrogen-bond acceptors (Lipinski definition) is 4. The number of pyridine rings is 1. The first-order chi connectivity index (χ1) is 10.2. The molecule has 0 aromatic carbocycles. The number of hydrogen-bond donors (Lipinski definition) is 1. The van der Waals surface area contributed by atoms with Crippen molar-refractivity contribution >= 4 is 40.2 Å². The van der Waals surface area contributed by atoms with Gasteiger partial charge in [-0.2, -0.15) is 0 Å². The molecule has 0 aliphatic carbocycles. The number of rotatable bonds is 7. The Hall–Kier alpha value is -0.560. The van der Waals surface area contributed by atoms with Crippen molar-refractivity contribution in [1.82, 2.24) is 4.98 Å². The van der Waals surface area contributed by atoms with Crippen molar-refractivity contribution in [2.75, 3.05) is 6.61 Å². The largest absolute Gasteiger partial charge is 0.505 e. The van der Waals surface area contributed by atoms with Gasteiger partial charge in [0.1, 0.15) is 3.70 Å². The highest BCUT2D eigenvalue weighted by Crippen LogP contribution is 2.36. The minimum Gasteiger partial charge on any atom is -0.505 e. The highest BCUT2D eigenvalue weighted by atomic mass is 127. The smallest absolute Gasteiger partial charge is 0.302 e. The summed E-state index contributed by atoms with van der Waals surface area (Å²) in [6, 6.07) is 1.68. The molecule has 0 fully saturated rings. The van der Waals surface area contributed by atoms with Crippen molar-refractivity contribution in [2.45, 2.75) is 47.0 Å². The molecule has 0 saturated carbocycles. The second-order valence-corrected chi connectivity index (χ2v) is 7.59. The predicted molar refractivity (Wildman–Crippen MR) is 96.1 cm³/mol. The van der Waals surface area contributed by atoms with Gasteiger partial charge in [-0.1, -0.05) is 38.8 Å². The van der Waals surface area contributed by atoms with E-state index in [1.54, 1.807) is 6.07 Å². The Morgan fingerprint density at radius 3 is 2.73 bits per heavy atom. The van der Waals surface area contributed by atoms with Crippen molar-refractivity contribution in [1.29, 1.82) is 0 Å². The van der Waals surface area contributed by atoms with E-state index in [1.807, 2.05) is 0 Å². The Balaban J connectivity index is 2.96. The van der Waals surface area contributed by atoms with E-state index in [4.69, 9.17) is 16.3 Å². The number of esters is 1. The molecule has 0 bridgehead atoms. The molecule has 0 radical (unpaired) electrons. The molecule has 0 spiro atoms. The quantitative estimate of drug-likeness (QED) is 0.383. The van der Waals surface area contributed by atoms with Crippen LogP contribution in [0.1, 0.15) is 46.1 Å². The van der Waals surface area contributed by atoms with Crippen LogP contribution in [-0.2, 0) is 16.0 Å². The Labute approximate surface area is 150 Å². The minimum atomic E-state index is -0.260. The van der Waals surface area contributed by atoms with Gasteiger partial charge in [-0.25, -0.2) is 4.98 Å². The monoisotopic (exact) mass is 439 g/mol. The third-order valence-electron chi connectivity index (χ3n) is 3.84. The van der Waals surface area contributed by atoms with Gasteiger partial charge < -0.3 is 9.84 Å². The van der Waals surface area contributed by atoms with Crippen LogP contribution in [0.15, 0.2) is 6.07 Å². The van der Waals surface area contributed by atoms with E-state index in [2.05, 4.69) is 48.3 Å². The highest BCUT2D eigenvalue weighted by Gasteiger charge is 2.31. The maximum Gasteiger partial charge on any atom is 0.302 e. The van der Waals surface area contributed by atoms with Gasteiger partial charge >= 0.3 is 5.97 Å². The van der Waals surface area contributed by atoms with Gasteiger partial charge in [-0.05, 0) is 53.0 Å². The average molecular weight is 440 g/mol. The molecule has 0 aliphatic heterocycles. The topological polar surface area (TPSA) is 59.4 Å². The number of carbonyl (C=O) groups is 1. The summed E-state index contributed by atoms with van der Waals surface area (Å²) in [5.41, 5.74) is 0.817. The molecule has 1 unspecified atom stereocenters. The van der Waals surface area contributed by atoms with E-state index in [0.717, 1.165) is 28.5 Å². The number of nitrogens with zero attached hydrogens (tertiary/aromatic N) is 1. The number of aromatic hydroxyl groups is 1. The first-order valence-corrected chi connectivity index (χ1v) is 8.80. The molecule has 0 amide bonds. The van der Waals surface area contributed by atoms with Crippen LogP contribution < -0.4 is 0 Å². The van der Waals surface area contributed by atoms with Gasteiger partial charge in [0.15, 0.2) is 10.9 Å². The van der Waals surface area contributed by atoms with Gasteiger partial charge in [-0.3, -0.25) is 4.79 Å². The molecule has 1 atom stereocenters. The predicted octanol–water partition coefficient (Wildman–Crippen LogP) is 4.59. The van der Waals surface area contributed by atoms with Crippen LogP contribution in [-0.4, -0.2) is 22.7 Å². The van der Waals surface area contributed by atoms with Crippen LogP contribution in [0, 0.1) is 15.0 Å². The maximum absolute atomic E-state index is 11.1. The molecule has 1 aromatic heterocycles. The van der Waals surface area contributed by atoms with Gasteiger partial charge in [0.25, 0.3) is 0 Å². The Morgan fingerprint density at radius 2 is 2.18 bits per heavy atom. The SMILES string of the molecule is CCCC(Cc1cc(O)c(Cl)nc1I)C(C)(C)COC(C)=O. The maximum atomic E-state index is 11.1. The average Bonchev–Trinajstić information content (AvgIpc) is 2.42.